The van der Waals surface area contributed by atoms with Crippen molar-refractivity contribution < 1.29 is 9.59 Å². The third-order valence-corrected chi connectivity index (χ3v) is 5.09. The first kappa shape index (κ1) is 22.2. The largest absolute Gasteiger partial charge is 0.332 e. The van der Waals surface area contributed by atoms with E-state index in [2.05, 4.69) is 24.5 Å². The van der Waals surface area contributed by atoms with Crippen molar-refractivity contribution in [3.8, 4) is 0 Å². The van der Waals surface area contributed by atoms with Crippen molar-refractivity contribution in [1.82, 2.24) is 5.32 Å². The van der Waals surface area contributed by atoms with E-state index < -0.39 is 0 Å². The Labute approximate surface area is 188 Å². The number of amides is 2. The van der Waals surface area contributed by atoms with E-state index in [1.807, 2.05) is 42.5 Å². The lowest BCUT2D eigenvalue weighted by Gasteiger charge is -2.18. The minimum Gasteiger partial charge on any atom is -0.332 e. The van der Waals surface area contributed by atoms with Crippen LogP contribution in [0.5, 0.6) is 0 Å². The molecule has 0 saturated heterocycles. The molecule has 0 fully saturated rings. The van der Waals surface area contributed by atoms with Gasteiger partial charge in [0.05, 0.1) is 0 Å². The summed E-state index contributed by atoms with van der Waals surface area (Å²) < 4.78 is 0. The van der Waals surface area contributed by atoms with Crippen molar-refractivity contribution in [2.45, 2.75) is 19.8 Å². The van der Waals surface area contributed by atoms with Crippen molar-refractivity contribution in [2.75, 3.05) is 17.3 Å². The zero-order chi connectivity index (χ0) is 22.4. The van der Waals surface area contributed by atoms with Crippen LogP contribution in [0.25, 0.3) is 0 Å². The second-order valence-corrected chi connectivity index (χ2v) is 7.87. The fourth-order valence-corrected chi connectivity index (χ4v) is 3.26. The highest BCUT2D eigenvalue weighted by Crippen LogP contribution is 2.18. The molecule has 158 valence electrons. The van der Waals surface area contributed by atoms with Gasteiger partial charge < -0.3 is 10.2 Å². The maximum atomic E-state index is 12.8. The molecule has 6 heteroatoms. The van der Waals surface area contributed by atoms with Crippen LogP contribution in [0.2, 0.25) is 0 Å². The first-order valence-corrected chi connectivity index (χ1v) is 10.4. The minimum absolute atomic E-state index is 0.143. The first-order valence-electron chi connectivity index (χ1n) is 10.0. The summed E-state index contributed by atoms with van der Waals surface area (Å²) in [6.45, 7) is 4.20. The molecule has 0 aliphatic heterocycles. The highest BCUT2D eigenvalue weighted by molar-refractivity contribution is 7.80. The summed E-state index contributed by atoms with van der Waals surface area (Å²) in [5.74, 6) is -0.0327. The molecule has 2 amide bonds. The topological polar surface area (TPSA) is 61.4 Å². The maximum Gasteiger partial charge on any atom is 0.258 e. The van der Waals surface area contributed by atoms with Crippen LogP contribution >= 0.6 is 12.2 Å². The molecule has 31 heavy (non-hydrogen) atoms. The maximum absolute atomic E-state index is 12.8. The molecule has 0 saturated carbocycles. The number of hydrogen-bond donors (Lipinski definition) is 2. The van der Waals surface area contributed by atoms with Crippen molar-refractivity contribution in [3.63, 3.8) is 0 Å². The standard InChI is InChI=1S/C25H25N3O2S/c1-17(2)18-12-14-19(15-13-18)23(29)27-25(31)26-21-9-7-8-20(16-21)24(30)28(3)22-10-5-4-6-11-22/h4-17H,1-3H3,(H2,26,27,29,31). The quantitative estimate of drug-likeness (QED) is 0.544. The van der Waals surface area contributed by atoms with E-state index in [0.29, 0.717) is 22.7 Å². The summed E-state index contributed by atoms with van der Waals surface area (Å²) in [6, 6.07) is 23.9. The van der Waals surface area contributed by atoms with Gasteiger partial charge in [-0.05, 0) is 66.2 Å². The Kier molecular flexibility index (Phi) is 7.15. The van der Waals surface area contributed by atoms with Crippen molar-refractivity contribution >= 4 is 40.5 Å². The van der Waals surface area contributed by atoms with E-state index in [1.165, 1.54) is 5.56 Å². The molecule has 2 N–H and O–H groups in total. The summed E-state index contributed by atoms with van der Waals surface area (Å²) in [5.41, 5.74) is 3.63. The normalized spacial score (nSPS) is 10.5. The highest BCUT2D eigenvalue weighted by atomic mass is 32.1. The molecule has 0 radical (unpaired) electrons. The highest BCUT2D eigenvalue weighted by Gasteiger charge is 2.14. The molecule has 0 aliphatic carbocycles. The average molecular weight is 432 g/mol. The van der Waals surface area contributed by atoms with Gasteiger partial charge in [-0.2, -0.15) is 0 Å². The van der Waals surface area contributed by atoms with Crippen molar-refractivity contribution in [2.24, 2.45) is 0 Å². The fourth-order valence-electron chi connectivity index (χ4n) is 3.05. The molecule has 0 bridgehead atoms. The Morgan fingerprint density at radius 2 is 1.55 bits per heavy atom. The van der Waals surface area contributed by atoms with E-state index in [1.54, 1.807) is 48.3 Å². The summed E-state index contributed by atoms with van der Waals surface area (Å²) in [6.07, 6.45) is 0. The Hall–Kier alpha value is -3.51. The lowest BCUT2D eigenvalue weighted by molar-refractivity contribution is 0.0974. The number of thiocarbonyl (C=S) groups is 1. The van der Waals surface area contributed by atoms with Gasteiger partial charge in [0.2, 0.25) is 0 Å². The monoisotopic (exact) mass is 431 g/mol. The molecular weight excluding hydrogens is 406 g/mol. The van der Waals surface area contributed by atoms with Gasteiger partial charge in [0.15, 0.2) is 5.11 Å². The number of nitrogens with zero attached hydrogens (tertiary/aromatic N) is 1. The van der Waals surface area contributed by atoms with Gasteiger partial charge in [-0.1, -0.05) is 50.2 Å². The van der Waals surface area contributed by atoms with Gasteiger partial charge in [-0.15, -0.1) is 0 Å². The van der Waals surface area contributed by atoms with Crippen LogP contribution in [0, 0.1) is 0 Å². The van der Waals surface area contributed by atoms with Crippen molar-refractivity contribution in [3.05, 3.63) is 95.6 Å². The number of carbonyl (C=O) groups excluding carboxylic acids is 2. The molecule has 0 heterocycles. The fraction of sp³-hybridized carbons (Fsp3) is 0.160. The Morgan fingerprint density at radius 3 is 2.19 bits per heavy atom. The number of anilines is 2. The molecule has 5 nitrogen and oxygen atoms in total. The lowest BCUT2D eigenvalue weighted by atomic mass is 10.0. The molecule has 0 aliphatic rings. The third kappa shape index (κ3) is 5.77. The third-order valence-electron chi connectivity index (χ3n) is 4.88. The van der Waals surface area contributed by atoms with Crippen LogP contribution in [-0.2, 0) is 0 Å². The van der Waals surface area contributed by atoms with Crippen molar-refractivity contribution in [1.29, 1.82) is 0 Å². The summed E-state index contributed by atoms with van der Waals surface area (Å²) in [5, 5.41) is 5.82. The first-order chi connectivity index (χ1) is 14.8. The zero-order valence-electron chi connectivity index (χ0n) is 17.8. The van der Waals surface area contributed by atoms with Gasteiger partial charge in [-0.25, -0.2) is 0 Å². The average Bonchev–Trinajstić information content (AvgIpc) is 2.78. The number of para-hydroxylation sites is 1. The number of carbonyl (C=O) groups is 2. The summed E-state index contributed by atoms with van der Waals surface area (Å²) in [4.78, 5) is 26.8. The van der Waals surface area contributed by atoms with E-state index in [-0.39, 0.29) is 16.9 Å². The van der Waals surface area contributed by atoms with Gasteiger partial charge in [0, 0.05) is 29.5 Å². The Balaban J connectivity index is 1.64. The second kappa shape index (κ2) is 10.00. The van der Waals surface area contributed by atoms with Crippen LogP contribution in [0.1, 0.15) is 46.0 Å². The van der Waals surface area contributed by atoms with Crippen LogP contribution in [0.3, 0.4) is 0 Å². The second-order valence-electron chi connectivity index (χ2n) is 7.47. The van der Waals surface area contributed by atoms with E-state index in [0.717, 1.165) is 5.69 Å². The molecule has 0 unspecified atom stereocenters. The molecule has 0 spiro atoms. The summed E-state index contributed by atoms with van der Waals surface area (Å²) in [7, 11) is 1.73. The molecule has 0 aromatic heterocycles. The van der Waals surface area contributed by atoms with Crippen LogP contribution in [0.15, 0.2) is 78.9 Å². The SMILES string of the molecule is CC(C)c1ccc(C(=O)NC(=S)Nc2cccc(C(=O)N(C)c3ccccc3)c2)cc1. The molecule has 3 rings (SSSR count). The van der Waals surface area contributed by atoms with Gasteiger partial charge >= 0.3 is 0 Å². The number of rotatable bonds is 5. The minimum atomic E-state index is -0.288. The Morgan fingerprint density at radius 1 is 0.871 bits per heavy atom. The molecule has 0 atom stereocenters. The Bertz CT molecular complexity index is 1080. The van der Waals surface area contributed by atoms with E-state index in [4.69, 9.17) is 12.2 Å². The van der Waals surface area contributed by atoms with Crippen LogP contribution in [0.4, 0.5) is 11.4 Å². The van der Waals surface area contributed by atoms with Crippen LogP contribution in [-0.4, -0.2) is 24.0 Å². The van der Waals surface area contributed by atoms with Gasteiger partial charge in [0.1, 0.15) is 0 Å². The van der Waals surface area contributed by atoms with E-state index in [9.17, 15) is 9.59 Å². The number of hydrogen-bond acceptors (Lipinski definition) is 3. The molecule has 3 aromatic rings. The predicted molar refractivity (Wildman–Crippen MR) is 130 cm³/mol. The predicted octanol–water partition coefficient (Wildman–Crippen LogP) is 5.21. The smallest absolute Gasteiger partial charge is 0.258 e. The molecular formula is C25H25N3O2S. The lowest BCUT2D eigenvalue weighted by Crippen LogP contribution is -2.34. The van der Waals surface area contributed by atoms with Crippen LogP contribution < -0.4 is 15.5 Å². The van der Waals surface area contributed by atoms with Gasteiger partial charge in [0.25, 0.3) is 11.8 Å². The zero-order valence-corrected chi connectivity index (χ0v) is 18.6. The number of nitrogens with one attached hydrogen (secondary N) is 2. The number of benzene rings is 3. The van der Waals surface area contributed by atoms with Gasteiger partial charge in [-0.3, -0.25) is 14.9 Å². The van der Waals surface area contributed by atoms with E-state index >= 15 is 0 Å². The molecule has 3 aromatic carbocycles. The summed E-state index contributed by atoms with van der Waals surface area (Å²) >= 11 is 5.28.